The summed E-state index contributed by atoms with van der Waals surface area (Å²) in [6.45, 7) is 0.990. The second-order valence-corrected chi connectivity index (χ2v) is 12.5. The number of urea groups is 1. The van der Waals surface area contributed by atoms with Crippen molar-refractivity contribution in [1.29, 1.82) is 0 Å². The first-order valence-corrected chi connectivity index (χ1v) is 14.5. The van der Waals surface area contributed by atoms with Crippen molar-refractivity contribution in [3.8, 4) is 0 Å². The summed E-state index contributed by atoms with van der Waals surface area (Å²) in [5.74, 6) is 0. The predicted octanol–water partition coefficient (Wildman–Crippen LogP) is 4.35. The minimum absolute atomic E-state index is 0.0539. The van der Waals surface area contributed by atoms with Crippen LogP contribution in [0.25, 0.3) is 0 Å². The van der Waals surface area contributed by atoms with Gasteiger partial charge in [-0.3, -0.25) is 0 Å². The molecule has 7 nitrogen and oxygen atoms in total. The minimum Gasteiger partial charge on any atom is -0.319 e. The molecule has 0 aromatic rings. The molecule has 0 radical (unpaired) electrons. The summed E-state index contributed by atoms with van der Waals surface area (Å²) in [7, 11) is 0.232. The quantitative estimate of drug-likeness (QED) is 0.535. The lowest BCUT2D eigenvalue weighted by Crippen LogP contribution is -2.52. The van der Waals surface area contributed by atoms with Crippen LogP contribution >= 0.6 is 11.8 Å². The van der Waals surface area contributed by atoms with Crippen LogP contribution in [-0.2, 0) is 10.0 Å². The molecule has 32 heavy (non-hydrogen) atoms. The van der Waals surface area contributed by atoms with E-state index in [1.165, 1.54) is 38.5 Å². The molecule has 0 unspecified atom stereocenters. The number of carbonyl (C=O) groups excluding carboxylic acids is 1. The molecule has 3 rings (SSSR count). The third-order valence-corrected chi connectivity index (χ3v) is 9.58. The first-order valence-electron chi connectivity index (χ1n) is 12.2. The molecule has 3 aliphatic rings. The second kappa shape index (κ2) is 12.4. The maximum absolute atomic E-state index is 13.5. The average molecular weight is 485 g/mol. The standard InChI is InChI=1S/C23H40N4O3S2/c1-26(2)18-17-24-32(29,30)22-16-10-9-15-21(31-22)25-23(28)27(19-11-5-3-6-12-19)20-13-7-4-8-14-20/h15-16,19-20,24H,3-14,17-18H2,1-2H3,(H,25,28). The lowest BCUT2D eigenvalue weighted by Gasteiger charge is -2.41. The molecule has 9 heteroatoms. The largest absolute Gasteiger partial charge is 0.322 e. The number of sulfonamides is 1. The van der Waals surface area contributed by atoms with Crippen LogP contribution in [0.5, 0.6) is 0 Å². The number of nitrogens with zero attached hydrogens (tertiary/aromatic N) is 2. The first-order chi connectivity index (χ1) is 15.4. The Kier molecular flexibility index (Phi) is 9.95. The number of likely N-dealkylation sites (N-methyl/N-ethyl adjacent to an activating group) is 1. The van der Waals surface area contributed by atoms with Gasteiger partial charge in [-0.05, 0) is 52.6 Å². The van der Waals surface area contributed by atoms with Gasteiger partial charge in [-0.2, -0.15) is 0 Å². The van der Waals surface area contributed by atoms with Gasteiger partial charge in [0.15, 0.2) is 0 Å². The highest BCUT2D eigenvalue weighted by molar-refractivity contribution is 8.20. The summed E-state index contributed by atoms with van der Waals surface area (Å²) in [5.41, 5.74) is 0. The molecule has 0 spiro atoms. The number of amides is 2. The predicted molar refractivity (Wildman–Crippen MR) is 133 cm³/mol. The summed E-state index contributed by atoms with van der Waals surface area (Å²) in [5, 5.41) is 3.73. The van der Waals surface area contributed by atoms with Crippen molar-refractivity contribution < 1.29 is 13.2 Å². The highest BCUT2D eigenvalue weighted by atomic mass is 32.3. The van der Waals surface area contributed by atoms with E-state index in [2.05, 4.69) is 14.9 Å². The maximum Gasteiger partial charge on any atom is 0.322 e. The minimum atomic E-state index is -3.59. The smallest absolute Gasteiger partial charge is 0.319 e. The Labute approximate surface area is 198 Å². The van der Waals surface area contributed by atoms with Crippen LogP contribution in [0.4, 0.5) is 4.79 Å². The Hall–Kier alpha value is -1.03. The van der Waals surface area contributed by atoms with Gasteiger partial charge < -0.3 is 15.1 Å². The van der Waals surface area contributed by atoms with E-state index in [-0.39, 0.29) is 10.3 Å². The van der Waals surface area contributed by atoms with Gasteiger partial charge >= 0.3 is 6.03 Å². The van der Waals surface area contributed by atoms with E-state index >= 15 is 0 Å². The summed E-state index contributed by atoms with van der Waals surface area (Å²) in [4.78, 5) is 17.6. The van der Waals surface area contributed by atoms with Gasteiger partial charge in [-0.25, -0.2) is 17.9 Å². The van der Waals surface area contributed by atoms with Gasteiger partial charge in [0.05, 0.1) is 5.03 Å². The van der Waals surface area contributed by atoms with Crippen molar-refractivity contribution in [1.82, 2.24) is 19.8 Å². The number of thioether (sulfide) groups is 1. The monoisotopic (exact) mass is 484 g/mol. The van der Waals surface area contributed by atoms with Crippen LogP contribution in [0.1, 0.15) is 77.0 Å². The van der Waals surface area contributed by atoms with Gasteiger partial charge in [0.1, 0.15) is 4.24 Å². The number of hydrogen-bond acceptors (Lipinski definition) is 5. The molecule has 2 saturated carbocycles. The van der Waals surface area contributed by atoms with Crippen LogP contribution in [0.15, 0.2) is 21.4 Å². The molecule has 1 aliphatic heterocycles. The summed E-state index contributed by atoms with van der Waals surface area (Å²) in [6, 6.07) is 0.547. The molecule has 0 aromatic heterocycles. The topological polar surface area (TPSA) is 81.8 Å². The number of rotatable bonds is 8. The Balaban J connectivity index is 1.67. The van der Waals surface area contributed by atoms with Crippen molar-refractivity contribution >= 4 is 27.8 Å². The highest BCUT2D eigenvalue weighted by Gasteiger charge is 2.33. The van der Waals surface area contributed by atoms with E-state index in [9.17, 15) is 13.2 Å². The fraction of sp³-hybridized carbons (Fsp3) is 0.783. The zero-order valence-corrected chi connectivity index (χ0v) is 21.3. The highest BCUT2D eigenvalue weighted by Crippen LogP contribution is 2.33. The zero-order chi connectivity index (χ0) is 23.0. The summed E-state index contributed by atoms with van der Waals surface area (Å²) in [6.07, 6.45) is 16.6. The van der Waals surface area contributed by atoms with Crippen molar-refractivity contribution in [2.45, 2.75) is 89.1 Å². The zero-order valence-electron chi connectivity index (χ0n) is 19.6. The number of allylic oxidation sites excluding steroid dienone is 2. The van der Waals surface area contributed by atoms with Gasteiger partial charge in [0.25, 0.3) is 0 Å². The van der Waals surface area contributed by atoms with Gasteiger partial charge in [-0.1, -0.05) is 62.4 Å². The fourth-order valence-electron chi connectivity index (χ4n) is 4.84. The van der Waals surface area contributed by atoms with Gasteiger partial charge in [-0.15, -0.1) is 0 Å². The van der Waals surface area contributed by atoms with E-state index in [4.69, 9.17) is 0 Å². The summed E-state index contributed by atoms with van der Waals surface area (Å²) >= 11 is 1.16. The van der Waals surface area contributed by atoms with Crippen LogP contribution in [-0.4, -0.2) is 63.5 Å². The number of carbonyl (C=O) groups is 1. The van der Waals surface area contributed by atoms with E-state index in [0.29, 0.717) is 43.0 Å². The molecule has 0 atom stereocenters. The van der Waals surface area contributed by atoms with Crippen molar-refractivity contribution in [2.24, 2.45) is 0 Å². The number of nitrogens with one attached hydrogen (secondary N) is 2. The second-order valence-electron chi connectivity index (χ2n) is 9.39. The molecule has 2 amide bonds. The van der Waals surface area contributed by atoms with Crippen LogP contribution < -0.4 is 10.0 Å². The molecular formula is C23H40N4O3S2. The molecule has 182 valence electrons. The molecule has 0 saturated heterocycles. The van der Waals surface area contributed by atoms with E-state index < -0.39 is 10.0 Å². The fourth-order valence-corrected chi connectivity index (χ4v) is 7.32. The van der Waals surface area contributed by atoms with Crippen molar-refractivity contribution in [2.75, 3.05) is 27.2 Å². The Bertz CT molecular complexity index is 765. The van der Waals surface area contributed by atoms with E-state index in [1.807, 2.05) is 25.1 Å². The van der Waals surface area contributed by atoms with E-state index in [0.717, 1.165) is 37.4 Å². The first kappa shape index (κ1) is 25.6. The third kappa shape index (κ3) is 7.50. The number of hydrogen-bond donors (Lipinski definition) is 2. The van der Waals surface area contributed by atoms with Crippen molar-refractivity contribution in [3.05, 3.63) is 21.4 Å². The molecule has 0 bridgehead atoms. The molecule has 2 aliphatic carbocycles. The molecule has 1 heterocycles. The Morgan fingerprint density at radius 2 is 1.53 bits per heavy atom. The lowest BCUT2D eigenvalue weighted by molar-refractivity contribution is 0.107. The van der Waals surface area contributed by atoms with Gasteiger partial charge in [0.2, 0.25) is 10.0 Å². The molecular weight excluding hydrogens is 444 g/mol. The van der Waals surface area contributed by atoms with Gasteiger partial charge in [0, 0.05) is 25.2 Å². The molecule has 2 N–H and O–H groups in total. The molecule has 2 fully saturated rings. The third-order valence-electron chi connectivity index (χ3n) is 6.53. The SMILES string of the molecule is CN(C)CCNS(=O)(=O)C1=CCCC=C(NC(=O)N(C2CCCCC2)C2CCCCC2)S1. The summed E-state index contributed by atoms with van der Waals surface area (Å²) < 4.78 is 28.6. The van der Waals surface area contributed by atoms with E-state index in [1.54, 1.807) is 6.08 Å². The lowest BCUT2D eigenvalue weighted by atomic mass is 9.89. The average Bonchev–Trinajstić information content (AvgIpc) is 3.01. The Morgan fingerprint density at radius 3 is 2.09 bits per heavy atom. The maximum atomic E-state index is 13.5. The van der Waals surface area contributed by atoms with Crippen LogP contribution in [0.3, 0.4) is 0 Å². The van der Waals surface area contributed by atoms with Crippen LogP contribution in [0.2, 0.25) is 0 Å². The Morgan fingerprint density at radius 1 is 0.969 bits per heavy atom. The molecule has 0 aromatic carbocycles. The normalized spacial score (nSPS) is 21.6. The van der Waals surface area contributed by atoms with Crippen LogP contribution in [0, 0.1) is 0 Å². The van der Waals surface area contributed by atoms with Crippen molar-refractivity contribution in [3.63, 3.8) is 0 Å².